The maximum Gasteiger partial charge on any atom is 0.197 e. The van der Waals surface area contributed by atoms with E-state index in [0.29, 0.717) is 0 Å². The third-order valence-corrected chi connectivity index (χ3v) is 3.13. The van der Waals surface area contributed by atoms with Gasteiger partial charge in [0.05, 0.1) is 12.0 Å². The van der Waals surface area contributed by atoms with E-state index in [2.05, 4.69) is 0 Å². The first-order chi connectivity index (χ1) is 6.10. The number of carbonyl (C=O) groups is 1. The Kier molecular flexibility index (Phi) is 1.82. The predicted molar refractivity (Wildman–Crippen MR) is 47.1 cm³/mol. The summed E-state index contributed by atoms with van der Waals surface area (Å²) in [6.45, 7) is 3.76. The number of Topliss-reactive ketones (excluding diaryl/α,β-unsaturated/α-hetero) is 1. The molecule has 4 atom stereocenters. The number of fused-ring (bicyclic) bond motifs is 2. The zero-order chi connectivity index (χ0) is 9.64. The summed E-state index contributed by atoms with van der Waals surface area (Å²) in [6.07, 6.45) is 3.70. The van der Waals surface area contributed by atoms with Crippen LogP contribution in [0.2, 0.25) is 0 Å². The summed E-state index contributed by atoms with van der Waals surface area (Å²) in [4.78, 5) is 11.8. The van der Waals surface area contributed by atoms with E-state index >= 15 is 0 Å². The number of hydrogen-bond acceptors (Lipinski definition) is 3. The Balaban J connectivity index is 2.36. The Morgan fingerprint density at radius 2 is 2.23 bits per heavy atom. The van der Waals surface area contributed by atoms with Crippen LogP contribution in [0, 0.1) is 11.8 Å². The predicted octanol–water partition coefficient (Wildman–Crippen LogP) is 1.14. The highest BCUT2D eigenvalue weighted by Gasteiger charge is 2.52. The minimum Gasteiger partial charge on any atom is -0.349 e. The quantitative estimate of drug-likeness (QED) is 0.570. The molecule has 0 aromatic rings. The van der Waals surface area contributed by atoms with E-state index in [-0.39, 0.29) is 23.7 Å². The lowest BCUT2D eigenvalue weighted by Gasteiger charge is -2.39. The van der Waals surface area contributed by atoms with Crippen LogP contribution >= 0.6 is 0 Å². The van der Waals surface area contributed by atoms with E-state index in [9.17, 15) is 4.79 Å². The summed E-state index contributed by atoms with van der Waals surface area (Å²) in [6, 6.07) is 0. The Morgan fingerprint density at radius 1 is 1.54 bits per heavy atom. The van der Waals surface area contributed by atoms with E-state index in [1.165, 1.54) is 0 Å². The van der Waals surface area contributed by atoms with Crippen LogP contribution in [0.5, 0.6) is 0 Å². The molecule has 0 aromatic heterocycles. The third-order valence-electron chi connectivity index (χ3n) is 3.13. The van der Waals surface area contributed by atoms with Gasteiger partial charge in [-0.15, -0.1) is 0 Å². The summed E-state index contributed by atoms with van der Waals surface area (Å²) in [7, 11) is 1.58. The normalized spacial score (nSPS) is 48.5. The van der Waals surface area contributed by atoms with Crippen LogP contribution in [0.25, 0.3) is 0 Å². The van der Waals surface area contributed by atoms with Gasteiger partial charge in [-0.05, 0) is 13.0 Å². The Labute approximate surface area is 77.7 Å². The lowest BCUT2D eigenvalue weighted by molar-refractivity contribution is -0.242. The SMILES string of the molecule is CO[C@]12C=C[C@H](O1)[C@H](C)C(=O)[C@@H]2C. The molecule has 1 saturated heterocycles. The second-order valence-electron chi connectivity index (χ2n) is 3.78. The second kappa shape index (κ2) is 2.66. The first-order valence-corrected chi connectivity index (χ1v) is 4.57. The second-order valence-corrected chi connectivity index (χ2v) is 3.78. The van der Waals surface area contributed by atoms with E-state index in [0.717, 1.165) is 0 Å². The zero-order valence-corrected chi connectivity index (χ0v) is 8.11. The molecule has 2 bridgehead atoms. The molecule has 72 valence electrons. The highest BCUT2D eigenvalue weighted by Crippen LogP contribution is 2.41. The molecule has 0 aromatic carbocycles. The molecular weight excluding hydrogens is 168 g/mol. The molecule has 0 radical (unpaired) electrons. The largest absolute Gasteiger partial charge is 0.349 e. The lowest BCUT2D eigenvalue weighted by atomic mass is 9.86. The van der Waals surface area contributed by atoms with Crippen molar-refractivity contribution in [2.75, 3.05) is 7.11 Å². The Hall–Kier alpha value is -0.670. The summed E-state index contributed by atoms with van der Waals surface area (Å²) in [5.74, 6) is -0.809. The Bertz CT molecular complexity index is 271. The summed E-state index contributed by atoms with van der Waals surface area (Å²) >= 11 is 0. The van der Waals surface area contributed by atoms with Gasteiger partial charge in [-0.25, -0.2) is 0 Å². The van der Waals surface area contributed by atoms with Crippen molar-refractivity contribution in [2.24, 2.45) is 11.8 Å². The molecule has 3 nitrogen and oxygen atoms in total. The highest BCUT2D eigenvalue weighted by atomic mass is 16.7. The van der Waals surface area contributed by atoms with Gasteiger partial charge in [0, 0.05) is 13.0 Å². The van der Waals surface area contributed by atoms with E-state index < -0.39 is 5.79 Å². The molecule has 2 aliphatic rings. The minimum atomic E-state index is -0.783. The van der Waals surface area contributed by atoms with Gasteiger partial charge < -0.3 is 9.47 Å². The van der Waals surface area contributed by atoms with Gasteiger partial charge in [-0.2, -0.15) is 0 Å². The van der Waals surface area contributed by atoms with Gasteiger partial charge in [0.15, 0.2) is 5.79 Å². The van der Waals surface area contributed by atoms with Gasteiger partial charge in [0.25, 0.3) is 0 Å². The fourth-order valence-electron chi connectivity index (χ4n) is 2.08. The van der Waals surface area contributed by atoms with E-state index in [1.807, 2.05) is 26.0 Å². The molecule has 0 N–H and O–H groups in total. The molecule has 2 rings (SSSR count). The van der Waals surface area contributed by atoms with E-state index in [1.54, 1.807) is 7.11 Å². The molecule has 13 heavy (non-hydrogen) atoms. The molecule has 0 unspecified atom stereocenters. The van der Waals surface area contributed by atoms with E-state index in [4.69, 9.17) is 9.47 Å². The maximum absolute atomic E-state index is 11.8. The van der Waals surface area contributed by atoms with Crippen molar-refractivity contribution in [1.29, 1.82) is 0 Å². The van der Waals surface area contributed by atoms with Crippen molar-refractivity contribution in [3.8, 4) is 0 Å². The minimum absolute atomic E-state index is 0.0444. The third kappa shape index (κ3) is 1.00. The smallest absolute Gasteiger partial charge is 0.197 e. The maximum atomic E-state index is 11.8. The monoisotopic (exact) mass is 182 g/mol. The van der Waals surface area contributed by atoms with Crippen molar-refractivity contribution in [1.82, 2.24) is 0 Å². The van der Waals surface area contributed by atoms with Gasteiger partial charge in [-0.3, -0.25) is 4.79 Å². The number of hydrogen-bond donors (Lipinski definition) is 0. The zero-order valence-electron chi connectivity index (χ0n) is 8.11. The van der Waals surface area contributed by atoms with Crippen LogP contribution in [0.3, 0.4) is 0 Å². The van der Waals surface area contributed by atoms with Crippen LogP contribution in [0.15, 0.2) is 12.2 Å². The van der Waals surface area contributed by atoms with Crippen molar-refractivity contribution in [3.05, 3.63) is 12.2 Å². The first-order valence-electron chi connectivity index (χ1n) is 4.57. The fraction of sp³-hybridized carbons (Fsp3) is 0.700. The van der Waals surface area contributed by atoms with Crippen molar-refractivity contribution < 1.29 is 14.3 Å². The van der Waals surface area contributed by atoms with Crippen LogP contribution in [-0.2, 0) is 14.3 Å². The number of ether oxygens (including phenoxy) is 2. The van der Waals surface area contributed by atoms with Gasteiger partial charge in [0.2, 0.25) is 0 Å². The molecule has 2 heterocycles. The fourth-order valence-corrected chi connectivity index (χ4v) is 2.08. The van der Waals surface area contributed by atoms with Crippen molar-refractivity contribution >= 4 is 5.78 Å². The average Bonchev–Trinajstić information content (AvgIpc) is 2.55. The van der Waals surface area contributed by atoms with Crippen LogP contribution in [0.1, 0.15) is 13.8 Å². The van der Waals surface area contributed by atoms with Crippen molar-refractivity contribution in [2.45, 2.75) is 25.7 Å². The summed E-state index contributed by atoms with van der Waals surface area (Å²) < 4.78 is 10.9. The topological polar surface area (TPSA) is 35.5 Å². The van der Waals surface area contributed by atoms with Crippen molar-refractivity contribution in [3.63, 3.8) is 0 Å². The van der Waals surface area contributed by atoms with Crippen LogP contribution in [-0.4, -0.2) is 24.8 Å². The summed E-state index contributed by atoms with van der Waals surface area (Å²) in [5.41, 5.74) is 0. The number of methoxy groups -OCH3 is 1. The molecule has 0 saturated carbocycles. The number of carbonyl (C=O) groups excluding carboxylic acids is 1. The van der Waals surface area contributed by atoms with Gasteiger partial charge in [0.1, 0.15) is 5.78 Å². The molecule has 1 fully saturated rings. The van der Waals surface area contributed by atoms with Gasteiger partial charge >= 0.3 is 0 Å². The first kappa shape index (κ1) is 8.91. The standard InChI is InChI=1S/C10H14O3/c1-6-8-4-5-10(12-3,13-8)7(2)9(6)11/h4-8H,1-3H3/t6-,7-,8-,10+/m0/s1. The average molecular weight is 182 g/mol. The molecule has 0 amide bonds. The van der Waals surface area contributed by atoms with Crippen LogP contribution < -0.4 is 0 Å². The van der Waals surface area contributed by atoms with Gasteiger partial charge in [-0.1, -0.05) is 13.0 Å². The molecule has 2 aliphatic heterocycles. The summed E-state index contributed by atoms with van der Waals surface area (Å²) in [5, 5.41) is 0. The number of ketones is 1. The molecular formula is C10H14O3. The molecule has 0 aliphatic carbocycles. The van der Waals surface area contributed by atoms with Crippen LogP contribution in [0.4, 0.5) is 0 Å². The Morgan fingerprint density at radius 3 is 2.85 bits per heavy atom. The number of rotatable bonds is 1. The molecule has 3 heteroatoms. The molecule has 0 spiro atoms. The lowest BCUT2D eigenvalue weighted by Crippen LogP contribution is -2.51. The highest BCUT2D eigenvalue weighted by molar-refractivity contribution is 5.86.